The first kappa shape index (κ1) is 13.2. The molecule has 0 spiro atoms. The zero-order valence-electron chi connectivity index (χ0n) is 9.90. The molecule has 0 saturated carbocycles. The molecule has 1 aliphatic rings. The van der Waals surface area contributed by atoms with Crippen LogP contribution in [0.15, 0.2) is 36.0 Å². The van der Waals surface area contributed by atoms with Crippen LogP contribution in [0.2, 0.25) is 0 Å². The zero-order valence-corrected chi connectivity index (χ0v) is 9.90. The van der Waals surface area contributed by atoms with E-state index in [4.69, 9.17) is 9.47 Å². The van der Waals surface area contributed by atoms with Gasteiger partial charge in [-0.05, 0) is 17.6 Å². The van der Waals surface area contributed by atoms with Crippen LogP contribution in [-0.2, 0) is 19.1 Å². The lowest BCUT2D eigenvalue weighted by Gasteiger charge is -2.06. The summed E-state index contributed by atoms with van der Waals surface area (Å²) in [6.45, 7) is 5.63. The SMILES string of the molecule is C=CC(=O)OCC1=CC=C(COC(=O)CC)C1. The molecule has 4 heteroatoms. The fourth-order valence-electron chi connectivity index (χ4n) is 1.34. The van der Waals surface area contributed by atoms with Crippen LogP contribution < -0.4 is 0 Å². The minimum absolute atomic E-state index is 0.211. The smallest absolute Gasteiger partial charge is 0.330 e. The van der Waals surface area contributed by atoms with Gasteiger partial charge in [0.15, 0.2) is 0 Å². The van der Waals surface area contributed by atoms with Crippen molar-refractivity contribution in [3.63, 3.8) is 0 Å². The van der Waals surface area contributed by atoms with E-state index >= 15 is 0 Å². The molecule has 0 bridgehead atoms. The first-order valence-corrected chi connectivity index (χ1v) is 5.48. The molecule has 0 atom stereocenters. The number of allylic oxidation sites excluding steroid dienone is 2. The highest BCUT2D eigenvalue weighted by Gasteiger charge is 2.11. The molecule has 0 aromatic heterocycles. The Labute approximate surface area is 101 Å². The largest absolute Gasteiger partial charge is 0.461 e. The third kappa shape index (κ3) is 4.68. The summed E-state index contributed by atoms with van der Waals surface area (Å²) in [4.78, 5) is 21.8. The predicted octanol–water partition coefficient (Wildman–Crippen LogP) is 1.93. The number of carbonyl (C=O) groups is 2. The van der Waals surface area contributed by atoms with E-state index in [9.17, 15) is 9.59 Å². The van der Waals surface area contributed by atoms with Gasteiger partial charge in [0, 0.05) is 12.5 Å². The van der Waals surface area contributed by atoms with Crippen molar-refractivity contribution < 1.29 is 19.1 Å². The Bertz CT molecular complexity index is 377. The van der Waals surface area contributed by atoms with E-state index in [1.165, 1.54) is 0 Å². The average molecular weight is 236 g/mol. The molecule has 1 rings (SSSR count). The molecule has 0 fully saturated rings. The van der Waals surface area contributed by atoms with Gasteiger partial charge in [-0.15, -0.1) is 0 Å². The molecule has 92 valence electrons. The Balaban J connectivity index is 2.23. The molecule has 0 unspecified atom stereocenters. The maximum atomic E-state index is 11.0. The van der Waals surface area contributed by atoms with Crippen LogP contribution in [0.3, 0.4) is 0 Å². The Morgan fingerprint density at radius 1 is 1.29 bits per heavy atom. The van der Waals surface area contributed by atoms with Gasteiger partial charge in [0.25, 0.3) is 0 Å². The summed E-state index contributed by atoms with van der Waals surface area (Å²) in [5, 5.41) is 0. The molecule has 0 aliphatic heterocycles. The first-order chi connectivity index (χ1) is 8.15. The van der Waals surface area contributed by atoms with Crippen molar-refractivity contribution in [2.75, 3.05) is 13.2 Å². The van der Waals surface area contributed by atoms with Crippen molar-refractivity contribution in [2.24, 2.45) is 0 Å². The summed E-state index contributed by atoms with van der Waals surface area (Å²) in [5.74, 6) is -0.644. The molecule has 1 aliphatic carbocycles. The summed E-state index contributed by atoms with van der Waals surface area (Å²) in [7, 11) is 0. The van der Waals surface area contributed by atoms with Gasteiger partial charge in [-0.1, -0.05) is 25.7 Å². The van der Waals surface area contributed by atoms with Crippen molar-refractivity contribution in [1.82, 2.24) is 0 Å². The third-order valence-electron chi connectivity index (χ3n) is 2.28. The molecule has 0 aromatic carbocycles. The van der Waals surface area contributed by atoms with E-state index in [2.05, 4.69) is 6.58 Å². The van der Waals surface area contributed by atoms with E-state index in [1.807, 2.05) is 12.2 Å². The molecular formula is C13H16O4. The summed E-state index contributed by atoms with van der Waals surface area (Å²) >= 11 is 0. The molecule has 17 heavy (non-hydrogen) atoms. The number of hydrogen-bond donors (Lipinski definition) is 0. The van der Waals surface area contributed by atoms with E-state index in [0.29, 0.717) is 19.4 Å². The van der Waals surface area contributed by atoms with Crippen LogP contribution >= 0.6 is 0 Å². The normalized spacial score (nSPS) is 13.7. The molecule has 0 saturated heterocycles. The van der Waals surface area contributed by atoms with Crippen LogP contribution in [0, 0.1) is 0 Å². The highest BCUT2D eigenvalue weighted by molar-refractivity contribution is 5.81. The number of ether oxygens (including phenoxy) is 2. The topological polar surface area (TPSA) is 52.6 Å². The van der Waals surface area contributed by atoms with Gasteiger partial charge in [0.05, 0.1) is 0 Å². The molecule has 0 aromatic rings. The maximum Gasteiger partial charge on any atom is 0.330 e. The van der Waals surface area contributed by atoms with Crippen molar-refractivity contribution in [1.29, 1.82) is 0 Å². The zero-order chi connectivity index (χ0) is 12.7. The minimum atomic E-state index is -0.434. The van der Waals surface area contributed by atoms with E-state index < -0.39 is 5.97 Å². The lowest BCUT2D eigenvalue weighted by molar-refractivity contribution is -0.142. The highest BCUT2D eigenvalue weighted by atomic mass is 16.5. The Hall–Kier alpha value is -1.84. The second-order valence-corrected chi connectivity index (χ2v) is 3.65. The Morgan fingerprint density at radius 3 is 2.41 bits per heavy atom. The van der Waals surface area contributed by atoms with Crippen LogP contribution in [-0.4, -0.2) is 25.2 Å². The van der Waals surface area contributed by atoms with Crippen LogP contribution in [0.5, 0.6) is 0 Å². The standard InChI is InChI=1S/C13H16O4/c1-3-12(14)16-8-10-5-6-11(7-10)9-17-13(15)4-2/h3,5-6H,1,4,7-9H2,2H3. The number of esters is 2. The fourth-order valence-corrected chi connectivity index (χ4v) is 1.34. The van der Waals surface area contributed by atoms with E-state index in [0.717, 1.165) is 17.2 Å². The molecule has 0 radical (unpaired) electrons. The van der Waals surface area contributed by atoms with Crippen LogP contribution in [0.25, 0.3) is 0 Å². The maximum absolute atomic E-state index is 11.0. The second kappa shape index (κ2) is 6.68. The van der Waals surface area contributed by atoms with Crippen molar-refractivity contribution in [3.05, 3.63) is 36.0 Å². The molecule has 0 amide bonds. The average Bonchev–Trinajstić information content (AvgIpc) is 2.80. The minimum Gasteiger partial charge on any atom is -0.461 e. The first-order valence-electron chi connectivity index (χ1n) is 5.48. The van der Waals surface area contributed by atoms with Gasteiger partial charge in [0.1, 0.15) is 13.2 Å². The molecular weight excluding hydrogens is 220 g/mol. The third-order valence-corrected chi connectivity index (χ3v) is 2.28. The van der Waals surface area contributed by atoms with Gasteiger partial charge in [-0.2, -0.15) is 0 Å². The van der Waals surface area contributed by atoms with Crippen molar-refractivity contribution in [2.45, 2.75) is 19.8 Å². The van der Waals surface area contributed by atoms with Gasteiger partial charge >= 0.3 is 11.9 Å². The van der Waals surface area contributed by atoms with Gasteiger partial charge in [-0.25, -0.2) is 4.79 Å². The van der Waals surface area contributed by atoms with Gasteiger partial charge in [0.2, 0.25) is 0 Å². The lowest BCUT2D eigenvalue weighted by atomic mass is 10.2. The van der Waals surface area contributed by atoms with E-state index in [1.54, 1.807) is 6.92 Å². The van der Waals surface area contributed by atoms with Crippen LogP contribution in [0.4, 0.5) is 0 Å². The van der Waals surface area contributed by atoms with Gasteiger partial charge < -0.3 is 9.47 Å². The highest BCUT2D eigenvalue weighted by Crippen LogP contribution is 2.19. The second-order valence-electron chi connectivity index (χ2n) is 3.65. The summed E-state index contributed by atoms with van der Waals surface area (Å²) in [6.07, 6.45) is 5.96. The summed E-state index contributed by atoms with van der Waals surface area (Å²) in [6, 6.07) is 0. The van der Waals surface area contributed by atoms with Crippen molar-refractivity contribution in [3.8, 4) is 0 Å². The number of hydrogen-bond acceptors (Lipinski definition) is 4. The van der Waals surface area contributed by atoms with Gasteiger partial charge in [-0.3, -0.25) is 4.79 Å². The monoisotopic (exact) mass is 236 g/mol. The predicted molar refractivity (Wildman–Crippen MR) is 63.2 cm³/mol. The molecule has 0 N–H and O–H groups in total. The fraction of sp³-hybridized carbons (Fsp3) is 0.385. The number of rotatable bonds is 6. The summed E-state index contributed by atoms with van der Waals surface area (Å²) in [5.41, 5.74) is 2.00. The number of carbonyl (C=O) groups excluding carboxylic acids is 2. The Morgan fingerprint density at radius 2 is 1.88 bits per heavy atom. The summed E-state index contributed by atoms with van der Waals surface area (Å²) < 4.78 is 9.91. The molecule has 0 heterocycles. The quantitative estimate of drug-likeness (QED) is 0.522. The lowest BCUT2D eigenvalue weighted by Crippen LogP contribution is -2.07. The Kier molecular flexibility index (Phi) is 5.20. The molecule has 4 nitrogen and oxygen atoms in total. The van der Waals surface area contributed by atoms with Crippen LogP contribution in [0.1, 0.15) is 19.8 Å². The van der Waals surface area contributed by atoms with Crippen molar-refractivity contribution >= 4 is 11.9 Å². The van der Waals surface area contributed by atoms with E-state index in [-0.39, 0.29) is 12.6 Å².